The number of carbonyl (C=O) groups excluding carboxylic acids is 1. The Labute approximate surface area is 118 Å². The second-order valence-electron chi connectivity index (χ2n) is 3.67. The monoisotopic (exact) mass is 327 g/mol. The van der Waals surface area contributed by atoms with E-state index in [1.165, 1.54) is 0 Å². The first kappa shape index (κ1) is 13.1. The summed E-state index contributed by atoms with van der Waals surface area (Å²) in [5.74, 6) is 0.663. The third-order valence-corrected chi connectivity index (χ3v) is 3.18. The molecule has 18 heavy (non-hydrogen) atoms. The Bertz CT molecular complexity index is 542. The van der Waals surface area contributed by atoms with Gasteiger partial charge in [0, 0.05) is 29.8 Å². The molecule has 0 fully saturated rings. The lowest BCUT2D eigenvalue weighted by atomic mass is 10.2. The summed E-state index contributed by atoms with van der Waals surface area (Å²) in [4.78, 5) is 18.9. The molecule has 0 atom stereocenters. The zero-order chi connectivity index (χ0) is 13.0. The summed E-state index contributed by atoms with van der Waals surface area (Å²) in [5, 5.41) is 3.23. The second kappa shape index (κ2) is 6.02. The first-order chi connectivity index (χ1) is 8.66. The molecule has 0 aliphatic heterocycles. The molecule has 0 aliphatic carbocycles. The van der Waals surface area contributed by atoms with E-state index in [1.54, 1.807) is 30.6 Å². The molecular formula is C12H11BrClN3O. The number of nitrogens with zero attached hydrogens (tertiary/aromatic N) is 1. The lowest BCUT2D eigenvalue weighted by molar-refractivity contribution is 0.0954. The fourth-order valence-corrected chi connectivity index (χ4v) is 2.26. The number of rotatable bonds is 4. The van der Waals surface area contributed by atoms with Crippen LogP contribution in [0.15, 0.2) is 35.1 Å². The first-order valence-corrected chi connectivity index (χ1v) is 6.55. The Kier molecular flexibility index (Phi) is 4.38. The fourth-order valence-electron chi connectivity index (χ4n) is 1.50. The molecule has 2 rings (SSSR count). The number of hydrogen-bond donors (Lipinski definition) is 2. The maximum atomic E-state index is 11.9. The quantitative estimate of drug-likeness (QED) is 0.906. The van der Waals surface area contributed by atoms with Gasteiger partial charge in [0.05, 0.1) is 10.6 Å². The van der Waals surface area contributed by atoms with Crippen LogP contribution in [0.1, 0.15) is 16.2 Å². The summed E-state index contributed by atoms with van der Waals surface area (Å²) in [6.07, 6.45) is 4.10. The van der Waals surface area contributed by atoms with E-state index in [9.17, 15) is 4.79 Å². The molecule has 1 aromatic carbocycles. The van der Waals surface area contributed by atoms with Crippen LogP contribution in [0.3, 0.4) is 0 Å². The number of aromatic nitrogens is 2. The Morgan fingerprint density at radius 2 is 2.33 bits per heavy atom. The van der Waals surface area contributed by atoms with Crippen LogP contribution in [-0.4, -0.2) is 22.4 Å². The van der Waals surface area contributed by atoms with Crippen LogP contribution < -0.4 is 5.32 Å². The van der Waals surface area contributed by atoms with Crippen molar-refractivity contribution in [1.29, 1.82) is 0 Å². The number of carbonyl (C=O) groups is 1. The minimum atomic E-state index is -0.181. The van der Waals surface area contributed by atoms with E-state index in [0.717, 1.165) is 10.3 Å². The minimum absolute atomic E-state index is 0.181. The Balaban J connectivity index is 1.91. The van der Waals surface area contributed by atoms with Crippen molar-refractivity contribution in [3.05, 3.63) is 51.5 Å². The SMILES string of the molecule is O=C(NCCc1ncc[nH]1)c1ccc(Br)cc1Cl. The van der Waals surface area contributed by atoms with Crippen LogP contribution in [0, 0.1) is 0 Å². The molecular weight excluding hydrogens is 318 g/mol. The molecule has 2 N–H and O–H groups in total. The van der Waals surface area contributed by atoms with Crippen LogP contribution in [0.25, 0.3) is 0 Å². The van der Waals surface area contributed by atoms with Gasteiger partial charge in [0.2, 0.25) is 0 Å². The lowest BCUT2D eigenvalue weighted by Crippen LogP contribution is -2.26. The van der Waals surface area contributed by atoms with Crippen molar-refractivity contribution in [3.8, 4) is 0 Å². The average molecular weight is 329 g/mol. The van der Waals surface area contributed by atoms with Crippen LogP contribution in [0.2, 0.25) is 5.02 Å². The second-order valence-corrected chi connectivity index (χ2v) is 4.99. The van der Waals surface area contributed by atoms with E-state index in [0.29, 0.717) is 23.6 Å². The number of amides is 1. The van der Waals surface area contributed by atoms with Gasteiger partial charge in [0.1, 0.15) is 5.82 Å². The Hall–Kier alpha value is -1.33. The van der Waals surface area contributed by atoms with Gasteiger partial charge in [-0.3, -0.25) is 4.79 Å². The van der Waals surface area contributed by atoms with Gasteiger partial charge < -0.3 is 10.3 Å². The van der Waals surface area contributed by atoms with E-state index < -0.39 is 0 Å². The van der Waals surface area contributed by atoms with Gasteiger partial charge in [0.25, 0.3) is 5.91 Å². The number of halogens is 2. The third-order valence-electron chi connectivity index (χ3n) is 2.38. The third kappa shape index (κ3) is 3.34. The molecule has 1 amide bonds. The van der Waals surface area contributed by atoms with Crippen LogP contribution >= 0.6 is 27.5 Å². The van der Waals surface area contributed by atoms with Crippen molar-refractivity contribution in [3.63, 3.8) is 0 Å². The van der Waals surface area contributed by atoms with Gasteiger partial charge in [-0.25, -0.2) is 4.98 Å². The number of imidazole rings is 1. The molecule has 0 bridgehead atoms. The summed E-state index contributed by atoms with van der Waals surface area (Å²) >= 11 is 9.29. The van der Waals surface area contributed by atoms with E-state index >= 15 is 0 Å². The topological polar surface area (TPSA) is 57.8 Å². The maximum absolute atomic E-state index is 11.9. The summed E-state index contributed by atoms with van der Waals surface area (Å²) in [5.41, 5.74) is 0.472. The van der Waals surface area contributed by atoms with Gasteiger partial charge >= 0.3 is 0 Å². The number of benzene rings is 1. The summed E-state index contributed by atoms with van der Waals surface area (Å²) < 4.78 is 0.847. The van der Waals surface area contributed by atoms with Crippen molar-refractivity contribution in [2.75, 3.05) is 6.54 Å². The molecule has 0 unspecified atom stereocenters. The highest BCUT2D eigenvalue weighted by atomic mass is 79.9. The van der Waals surface area contributed by atoms with Crippen molar-refractivity contribution in [1.82, 2.24) is 15.3 Å². The van der Waals surface area contributed by atoms with Crippen molar-refractivity contribution < 1.29 is 4.79 Å². The van der Waals surface area contributed by atoms with Crippen LogP contribution in [0.4, 0.5) is 0 Å². The van der Waals surface area contributed by atoms with Crippen LogP contribution in [-0.2, 0) is 6.42 Å². The average Bonchev–Trinajstić information content (AvgIpc) is 2.81. The highest BCUT2D eigenvalue weighted by Crippen LogP contribution is 2.21. The predicted octanol–water partition coefficient (Wildman–Crippen LogP) is 2.80. The number of aromatic amines is 1. The normalized spacial score (nSPS) is 10.3. The fraction of sp³-hybridized carbons (Fsp3) is 0.167. The van der Waals surface area contributed by atoms with Gasteiger partial charge in [-0.05, 0) is 18.2 Å². The number of nitrogens with one attached hydrogen (secondary N) is 2. The smallest absolute Gasteiger partial charge is 0.252 e. The first-order valence-electron chi connectivity index (χ1n) is 5.38. The summed E-state index contributed by atoms with van der Waals surface area (Å²) in [7, 11) is 0. The molecule has 0 saturated heterocycles. The zero-order valence-corrected chi connectivity index (χ0v) is 11.8. The predicted molar refractivity (Wildman–Crippen MR) is 73.8 cm³/mol. The molecule has 1 heterocycles. The number of H-pyrrole nitrogens is 1. The maximum Gasteiger partial charge on any atom is 0.252 e. The number of hydrogen-bond acceptors (Lipinski definition) is 2. The van der Waals surface area contributed by atoms with E-state index in [2.05, 4.69) is 31.2 Å². The molecule has 6 heteroatoms. The van der Waals surface area contributed by atoms with Crippen molar-refractivity contribution in [2.45, 2.75) is 6.42 Å². The molecule has 0 aliphatic rings. The van der Waals surface area contributed by atoms with E-state index in [-0.39, 0.29) is 5.91 Å². The molecule has 4 nitrogen and oxygen atoms in total. The molecule has 0 spiro atoms. The van der Waals surface area contributed by atoms with E-state index in [1.807, 2.05) is 0 Å². The van der Waals surface area contributed by atoms with Crippen LogP contribution in [0.5, 0.6) is 0 Å². The van der Waals surface area contributed by atoms with E-state index in [4.69, 9.17) is 11.6 Å². The Morgan fingerprint density at radius 3 is 3.00 bits per heavy atom. The molecule has 2 aromatic rings. The van der Waals surface area contributed by atoms with Gasteiger partial charge in [-0.2, -0.15) is 0 Å². The minimum Gasteiger partial charge on any atom is -0.352 e. The molecule has 1 aromatic heterocycles. The molecule has 0 saturated carbocycles. The van der Waals surface area contributed by atoms with Crippen molar-refractivity contribution >= 4 is 33.4 Å². The Morgan fingerprint density at radius 1 is 1.50 bits per heavy atom. The van der Waals surface area contributed by atoms with Crippen molar-refractivity contribution in [2.24, 2.45) is 0 Å². The van der Waals surface area contributed by atoms with Gasteiger partial charge in [0.15, 0.2) is 0 Å². The highest BCUT2D eigenvalue weighted by molar-refractivity contribution is 9.10. The van der Waals surface area contributed by atoms with Gasteiger partial charge in [-0.1, -0.05) is 27.5 Å². The molecule has 0 radical (unpaired) electrons. The highest BCUT2D eigenvalue weighted by Gasteiger charge is 2.09. The zero-order valence-electron chi connectivity index (χ0n) is 9.41. The summed E-state index contributed by atoms with van der Waals surface area (Å²) in [6.45, 7) is 0.513. The standard InChI is InChI=1S/C12H11BrClN3O/c13-8-1-2-9(10(14)7-8)12(18)17-4-3-11-15-5-6-16-11/h1-2,5-7H,3-4H2,(H,15,16)(H,17,18). The summed E-state index contributed by atoms with van der Waals surface area (Å²) in [6, 6.07) is 5.17. The largest absolute Gasteiger partial charge is 0.352 e. The van der Waals surface area contributed by atoms with Gasteiger partial charge in [-0.15, -0.1) is 0 Å². The molecule has 94 valence electrons. The lowest BCUT2D eigenvalue weighted by Gasteiger charge is -2.06.